The van der Waals surface area contributed by atoms with Gasteiger partial charge in [0.15, 0.2) is 0 Å². The predicted molar refractivity (Wildman–Crippen MR) is 98.2 cm³/mol. The number of nitrogens with zero attached hydrogens (tertiary/aromatic N) is 1. The molecule has 0 aliphatic heterocycles. The molecule has 0 fully saturated rings. The number of hydrogen-bond acceptors (Lipinski definition) is 1. The predicted octanol–water partition coefficient (Wildman–Crippen LogP) is 4.93. The SMILES string of the molecule is CN(C)CC/C=C1\c2ccccc2CCc2ccc(Br)cc21. The first kappa shape index (κ1) is 15.5. The fraction of sp³-hybridized carbons (Fsp3) is 0.300. The smallest absolute Gasteiger partial charge is 0.0181 e. The van der Waals surface area contributed by atoms with Gasteiger partial charge in [-0.05, 0) is 73.3 Å². The van der Waals surface area contributed by atoms with Gasteiger partial charge < -0.3 is 4.90 Å². The average Bonchev–Trinajstić information content (AvgIpc) is 2.65. The summed E-state index contributed by atoms with van der Waals surface area (Å²) in [6, 6.07) is 15.6. The molecule has 2 aromatic carbocycles. The summed E-state index contributed by atoms with van der Waals surface area (Å²) in [6.45, 7) is 1.08. The maximum Gasteiger partial charge on any atom is 0.0181 e. The molecule has 22 heavy (non-hydrogen) atoms. The molecule has 1 aliphatic carbocycles. The van der Waals surface area contributed by atoms with Crippen LogP contribution in [0.25, 0.3) is 5.57 Å². The number of hydrogen-bond donors (Lipinski definition) is 0. The van der Waals surface area contributed by atoms with Crippen molar-refractivity contribution in [2.75, 3.05) is 20.6 Å². The van der Waals surface area contributed by atoms with E-state index >= 15 is 0 Å². The molecule has 0 saturated carbocycles. The van der Waals surface area contributed by atoms with Gasteiger partial charge in [-0.25, -0.2) is 0 Å². The van der Waals surface area contributed by atoms with Crippen LogP contribution in [0, 0.1) is 0 Å². The Balaban J connectivity index is 2.10. The first-order chi connectivity index (χ1) is 10.6. The molecule has 2 aromatic rings. The van der Waals surface area contributed by atoms with Gasteiger partial charge in [0.25, 0.3) is 0 Å². The van der Waals surface area contributed by atoms with E-state index < -0.39 is 0 Å². The topological polar surface area (TPSA) is 3.24 Å². The maximum atomic E-state index is 3.64. The normalized spacial score (nSPS) is 15.5. The van der Waals surface area contributed by atoms with Gasteiger partial charge in [-0.15, -0.1) is 0 Å². The van der Waals surface area contributed by atoms with E-state index in [-0.39, 0.29) is 0 Å². The molecule has 3 rings (SSSR count). The van der Waals surface area contributed by atoms with Gasteiger partial charge in [0.2, 0.25) is 0 Å². The van der Waals surface area contributed by atoms with E-state index in [1.54, 1.807) is 0 Å². The van der Waals surface area contributed by atoms with Crippen LogP contribution in [0.15, 0.2) is 53.0 Å². The highest BCUT2D eigenvalue weighted by atomic mass is 79.9. The lowest BCUT2D eigenvalue weighted by Crippen LogP contribution is -2.12. The highest BCUT2D eigenvalue weighted by Crippen LogP contribution is 2.35. The van der Waals surface area contributed by atoms with Crippen molar-refractivity contribution in [2.45, 2.75) is 19.3 Å². The standard InChI is InChI=1S/C20H22BrN/c1-22(2)13-5-8-19-18-7-4-3-6-15(18)9-10-16-11-12-17(21)14-20(16)19/h3-4,6-8,11-12,14H,5,9-10,13H2,1-2H3/b19-8+. The Morgan fingerprint density at radius 2 is 1.73 bits per heavy atom. The monoisotopic (exact) mass is 355 g/mol. The molecule has 2 heteroatoms. The molecule has 0 bridgehead atoms. The van der Waals surface area contributed by atoms with E-state index in [2.05, 4.69) is 83.5 Å². The van der Waals surface area contributed by atoms with E-state index in [1.165, 1.54) is 27.8 Å². The van der Waals surface area contributed by atoms with Crippen LogP contribution in [0.3, 0.4) is 0 Å². The molecule has 1 aliphatic rings. The second kappa shape index (κ2) is 6.80. The number of aryl methyl sites for hydroxylation is 2. The second-order valence-corrected chi connectivity index (χ2v) is 7.08. The van der Waals surface area contributed by atoms with Crippen molar-refractivity contribution in [3.8, 4) is 0 Å². The van der Waals surface area contributed by atoms with Gasteiger partial charge in [0.05, 0.1) is 0 Å². The first-order valence-corrected chi connectivity index (χ1v) is 8.66. The summed E-state index contributed by atoms with van der Waals surface area (Å²) in [7, 11) is 4.26. The molecule has 0 radical (unpaired) electrons. The maximum absolute atomic E-state index is 3.64. The van der Waals surface area contributed by atoms with E-state index in [9.17, 15) is 0 Å². The Labute approximate surface area is 141 Å². The van der Waals surface area contributed by atoms with Crippen LogP contribution >= 0.6 is 15.9 Å². The van der Waals surface area contributed by atoms with Gasteiger partial charge >= 0.3 is 0 Å². The minimum atomic E-state index is 1.07. The van der Waals surface area contributed by atoms with E-state index in [0.717, 1.165) is 30.3 Å². The van der Waals surface area contributed by atoms with E-state index in [1.807, 2.05) is 0 Å². The Morgan fingerprint density at radius 3 is 2.50 bits per heavy atom. The van der Waals surface area contributed by atoms with Crippen molar-refractivity contribution in [1.82, 2.24) is 4.90 Å². The number of rotatable bonds is 3. The lowest BCUT2D eigenvalue weighted by atomic mass is 9.93. The van der Waals surface area contributed by atoms with Gasteiger partial charge in [0, 0.05) is 11.0 Å². The number of fused-ring (bicyclic) bond motifs is 2. The molecule has 0 unspecified atom stereocenters. The van der Waals surface area contributed by atoms with Crippen LogP contribution in [0.1, 0.15) is 28.7 Å². The highest BCUT2D eigenvalue weighted by molar-refractivity contribution is 9.10. The van der Waals surface area contributed by atoms with Crippen molar-refractivity contribution in [3.05, 3.63) is 75.3 Å². The van der Waals surface area contributed by atoms with Crippen LogP contribution in [0.2, 0.25) is 0 Å². The van der Waals surface area contributed by atoms with Crippen molar-refractivity contribution >= 4 is 21.5 Å². The lowest BCUT2D eigenvalue weighted by Gasteiger charge is -2.14. The highest BCUT2D eigenvalue weighted by Gasteiger charge is 2.17. The van der Waals surface area contributed by atoms with E-state index in [4.69, 9.17) is 0 Å². The van der Waals surface area contributed by atoms with Gasteiger partial charge in [-0.2, -0.15) is 0 Å². The zero-order valence-corrected chi connectivity index (χ0v) is 14.9. The molecule has 1 nitrogen and oxygen atoms in total. The first-order valence-electron chi connectivity index (χ1n) is 7.87. The van der Waals surface area contributed by atoms with Gasteiger partial charge in [-0.1, -0.05) is 52.3 Å². The van der Waals surface area contributed by atoms with Crippen LogP contribution in [-0.4, -0.2) is 25.5 Å². The summed E-state index contributed by atoms with van der Waals surface area (Å²) < 4.78 is 1.16. The molecule has 0 amide bonds. The van der Waals surface area contributed by atoms with E-state index in [0.29, 0.717) is 0 Å². The summed E-state index contributed by atoms with van der Waals surface area (Å²) in [5, 5.41) is 0. The zero-order chi connectivity index (χ0) is 15.5. The molecule has 0 N–H and O–H groups in total. The summed E-state index contributed by atoms with van der Waals surface area (Å²) in [5.74, 6) is 0. The minimum Gasteiger partial charge on any atom is -0.309 e. The Morgan fingerprint density at radius 1 is 1.00 bits per heavy atom. The molecule has 0 heterocycles. The van der Waals surface area contributed by atoms with Gasteiger partial charge in [0.1, 0.15) is 0 Å². The lowest BCUT2D eigenvalue weighted by molar-refractivity contribution is 0.417. The summed E-state index contributed by atoms with van der Waals surface area (Å²) in [4.78, 5) is 2.24. The van der Waals surface area contributed by atoms with Crippen molar-refractivity contribution in [2.24, 2.45) is 0 Å². The summed E-state index contributed by atoms with van der Waals surface area (Å²) in [6.07, 6.45) is 5.72. The Bertz CT molecular complexity index is 701. The fourth-order valence-electron chi connectivity index (χ4n) is 3.12. The average molecular weight is 356 g/mol. The Kier molecular flexibility index (Phi) is 4.80. The molecular weight excluding hydrogens is 334 g/mol. The van der Waals surface area contributed by atoms with Crippen molar-refractivity contribution in [1.29, 1.82) is 0 Å². The fourth-order valence-corrected chi connectivity index (χ4v) is 3.48. The summed E-state index contributed by atoms with van der Waals surface area (Å²) in [5.41, 5.74) is 7.10. The Hall–Kier alpha value is -1.38. The molecular formula is C20H22BrN. The van der Waals surface area contributed by atoms with Gasteiger partial charge in [-0.3, -0.25) is 0 Å². The third-order valence-corrected chi connectivity index (χ3v) is 4.75. The largest absolute Gasteiger partial charge is 0.309 e. The third kappa shape index (κ3) is 3.34. The molecule has 0 aromatic heterocycles. The number of benzene rings is 2. The molecule has 0 saturated heterocycles. The van der Waals surface area contributed by atoms with Crippen molar-refractivity contribution < 1.29 is 0 Å². The molecule has 0 atom stereocenters. The molecule has 114 valence electrons. The van der Waals surface area contributed by atoms with Crippen LogP contribution in [-0.2, 0) is 12.8 Å². The minimum absolute atomic E-state index is 1.07. The van der Waals surface area contributed by atoms with Crippen LogP contribution in [0.4, 0.5) is 0 Å². The third-order valence-electron chi connectivity index (χ3n) is 4.26. The van der Waals surface area contributed by atoms with Crippen LogP contribution < -0.4 is 0 Å². The second-order valence-electron chi connectivity index (χ2n) is 6.17. The van der Waals surface area contributed by atoms with Crippen LogP contribution in [0.5, 0.6) is 0 Å². The number of halogens is 1. The van der Waals surface area contributed by atoms with Crippen molar-refractivity contribution in [3.63, 3.8) is 0 Å². The quantitative estimate of drug-likeness (QED) is 0.754. The molecule has 0 spiro atoms. The summed E-state index contributed by atoms with van der Waals surface area (Å²) >= 11 is 3.64. The zero-order valence-electron chi connectivity index (χ0n) is 13.3.